The zero-order chi connectivity index (χ0) is 16.0. The van der Waals surface area contributed by atoms with E-state index in [9.17, 15) is 5.11 Å². The van der Waals surface area contributed by atoms with Crippen LogP contribution in [0.1, 0.15) is 31.9 Å². The molecule has 1 unspecified atom stereocenters. The van der Waals surface area contributed by atoms with Crippen LogP contribution < -0.4 is 9.47 Å². The summed E-state index contributed by atoms with van der Waals surface area (Å²) < 4.78 is 10.7. The smallest absolute Gasteiger partial charge is 0.161 e. The summed E-state index contributed by atoms with van der Waals surface area (Å²) in [6, 6.07) is 5.30. The van der Waals surface area contributed by atoms with Crippen LogP contribution >= 0.6 is 23.2 Å². The van der Waals surface area contributed by atoms with Crippen molar-refractivity contribution in [2.24, 2.45) is 0 Å². The van der Waals surface area contributed by atoms with Gasteiger partial charge in [0.15, 0.2) is 11.5 Å². The van der Waals surface area contributed by atoms with Crippen LogP contribution in [0.5, 0.6) is 11.5 Å². The highest BCUT2D eigenvalue weighted by Crippen LogP contribution is 2.34. The summed E-state index contributed by atoms with van der Waals surface area (Å²) in [7, 11) is 1.57. The standard InChI is InChI=1S/C16H20Cl2O3/c1-5-21-16-8-12(6-7-15(16)20-4)14(19)9-13(10(2)17)11(3)18/h6-8,14,19H,2,5,9H2,1,3-4H3/b13-11+. The summed E-state index contributed by atoms with van der Waals surface area (Å²) in [6.45, 7) is 7.79. The van der Waals surface area contributed by atoms with Crippen molar-refractivity contribution in [1.82, 2.24) is 0 Å². The topological polar surface area (TPSA) is 38.7 Å². The van der Waals surface area contributed by atoms with Crippen molar-refractivity contribution in [1.29, 1.82) is 0 Å². The number of benzene rings is 1. The summed E-state index contributed by atoms with van der Waals surface area (Å²) in [5, 5.41) is 11.2. The zero-order valence-electron chi connectivity index (χ0n) is 12.5. The third-order valence-corrected chi connectivity index (χ3v) is 3.47. The first kappa shape index (κ1) is 17.9. The van der Waals surface area contributed by atoms with Crippen LogP contribution in [0.3, 0.4) is 0 Å². The van der Waals surface area contributed by atoms with Crippen molar-refractivity contribution in [3.8, 4) is 11.5 Å². The molecule has 1 rings (SSSR count). The molecule has 0 fully saturated rings. The lowest BCUT2D eigenvalue weighted by Crippen LogP contribution is -2.02. The minimum absolute atomic E-state index is 0.287. The Balaban J connectivity index is 3.02. The van der Waals surface area contributed by atoms with Crippen LogP contribution in [0.25, 0.3) is 0 Å². The highest BCUT2D eigenvalue weighted by Gasteiger charge is 2.16. The number of ether oxygens (including phenoxy) is 2. The normalized spacial score (nSPS) is 13.4. The molecule has 116 valence electrons. The Bertz CT molecular complexity index is 534. The maximum atomic E-state index is 10.4. The molecule has 0 aliphatic rings. The lowest BCUT2D eigenvalue weighted by Gasteiger charge is -2.16. The van der Waals surface area contributed by atoms with Gasteiger partial charge in [-0.3, -0.25) is 0 Å². The van der Waals surface area contributed by atoms with Crippen LogP contribution in [0.15, 0.2) is 40.4 Å². The van der Waals surface area contributed by atoms with E-state index in [1.165, 1.54) is 0 Å². The molecule has 5 heteroatoms. The molecule has 0 heterocycles. The first-order chi connectivity index (χ1) is 9.90. The van der Waals surface area contributed by atoms with E-state index in [2.05, 4.69) is 6.58 Å². The van der Waals surface area contributed by atoms with Crippen LogP contribution in [0.4, 0.5) is 0 Å². The Kier molecular flexibility index (Phi) is 7.09. The lowest BCUT2D eigenvalue weighted by molar-refractivity contribution is 0.178. The molecule has 21 heavy (non-hydrogen) atoms. The quantitative estimate of drug-likeness (QED) is 0.731. The fourth-order valence-electron chi connectivity index (χ4n) is 1.92. The average Bonchev–Trinajstić information content (AvgIpc) is 2.44. The second-order valence-electron chi connectivity index (χ2n) is 4.48. The van der Waals surface area contributed by atoms with E-state index in [1.807, 2.05) is 6.92 Å². The molecule has 0 saturated carbocycles. The van der Waals surface area contributed by atoms with Crippen molar-refractivity contribution in [2.45, 2.75) is 26.4 Å². The summed E-state index contributed by atoms with van der Waals surface area (Å²) in [5.74, 6) is 1.22. The first-order valence-electron chi connectivity index (χ1n) is 6.59. The fraction of sp³-hybridized carbons (Fsp3) is 0.375. The van der Waals surface area contributed by atoms with Crippen LogP contribution in [-0.2, 0) is 0 Å². The Labute approximate surface area is 135 Å². The molecule has 0 bridgehead atoms. The van der Waals surface area contributed by atoms with Gasteiger partial charge in [0, 0.05) is 16.5 Å². The van der Waals surface area contributed by atoms with E-state index in [4.69, 9.17) is 32.7 Å². The van der Waals surface area contributed by atoms with Gasteiger partial charge in [-0.1, -0.05) is 35.8 Å². The molecule has 0 radical (unpaired) electrons. The maximum Gasteiger partial charge on any atom is 0.161 e. The van der Waals surface area contributed by atoms with Crippen molar-refractivity contribution < 1.29 is 14.6 Å². The number of hydrogen-bond donors (Lipinski definition) is 1. The van der Waals surface area contributed by atoms with Crippen LogP contribution in [0.2, 0.25) is 0 Å². The van der Waals surface area contributed by atoms with Crippen LogP contribution in [0, 0.1) is 0 Å². The fourth-order valence-corrected chi connectivity index (χ4v) is 2.38. The number of halogens is 2. The molecule has 0 amide bonds. The van der Waals surface area contributed by atoms with Crippen molar-refractivity contribution in [2.75, 3.05) is 13.7 Å². The number of rotatable bonds is 7. The highest BCUT2D eigenvalue weighted by molar-refractivity contribution is 6.35. The summed E-state index contributed by atoms with van der Waals surface area (Å²) in [4.78, 5) is 0. The maximum absolute atomic E-state index is 10.4. The monoisotopic (exact) mass is 330 g/mol. The van der Waals surface area contributed by atoms with Crippen molar-refractivity contribution in [3.05, 3.63) is 46.0 Å². The number of aliphatic hydroxyl groups is 1. The molecule has 1 atom stereocenters. The molecule has 1 N–H and O–H groups in total. The Hall–Kier alpha value is -1.16. The number of methoxy groups -OCH3 is 1. The van der Waals surface area contributed by atoms with E-state index < -0.39 is 6.10 Å². The number of hydrogen-bond acceptors (Lipinski definition) is 3. The van der Waals surface area contributed by atoms with E-state index in [0.717, 1.165) is 0 Å². The molecular formula is C16H20Cl2O3. The van der Waals surface area contributed by atoms with Gasteiger partial charge in [-0.05, 0) is 37.1 Å². The van der Waals surface area contributed by atoms with Crippen molar-refractivity contribution in [3.63, 3.8) is 0 Å². The minimum Gasteiger partial charge on any atom is -0.493 e. The van der Waals surface area contributed by atoms with E-state index in [-0.39, 0.29) is 6.42 Å². The zero-order valence-corrected chi connectivity index (χ0v) is 14.0. The summed E-state index contributed by atoms with van der Waals surface area (Å²) >= 11 is 11.9. The molecular weight excluding hydrogens is 311 g/mol. The second kappa shape index (κ2) is 8.32. The predicted molar refractivity (Wildman–Crippen MR) is 87.3 cm³/mol. The van der Waals surface area contributed by atoms with Crippen LogP contribution in [-0.4, -0.2) is 18.8 Å². The average molecular weight is 331 g/mol. The van der Waals surface area contributed by atoms with Crippen molar-refractivity contribution >= 4 is 23.2 Å². The molecule has 1 aromatic rings. The molecule has 1 aromatic carbocycles. The molecule has 0 aromatic heterocycles. The van der Waals surface area contributed by atoms with Gasteiger partial charge >= 0.3 is 0 Å². The van der Waals surface area contributed by atoms with Gasteiger partial charge in [0.25, 0.3) is 0 Å². The van der Waals surface area contributed by atoms with Gasteiger partial charge < -0.3 is 14.6 Å². The molecule has 0 spiro atoms. The van der Waals surface area contributed by atoms with Gasteiger partial charge in [-0.15, -0.1) is 0 Å². The number of aliphatic hydroxyl groups excluding tert-OH is 1. The Morgan fingerprint density at radius 1 is 1.33 bits per heavy atom. The Morgan fingerprint density at radius 2 is 2.00 bits per heavy atom. The third-order valence-electron chi connectivity index (χ3n) is 3.01. The first-order valence-corrected chi connectivity index (χ1v) is 7.35. The highest BCUT2D eigenvalue weighted by atomic mass is 35.5. The van der Waals surface area contributed by atoms with Gasteiger partial charge in [0.05, 0.1) is 19.8 Å². The Morgan fingerprint density at radius 3 is 2.48 bits per heavy atom. The predicted octanol–water partition coefficient (Wildman–Crippen LogP) is 4.78. The molecule has 3 nitrogen and oxygen atoms in total. The van der Waals surface area contributed by atoms with Gasteiger partial charge in [0.1, 0.15) is 0 Å². The van der Waals surface area contributed by atoms with E-state index >= 15 is 0 Å². The number of allylic oxidation sites excluding steroid dienone is 2. The van der Waals surface area contributed by atoms with Gasteiger partial charge in [-0.25, -0.2) is 0 Å². The third kappa shape index (κ3) is 4.95. The lowest BCUT2D eigenvalue weighted by atomic mass is 10.0. The molecule has 0 aliphatic carbocycles. The molecule has 0 aliphatic heterocycles. The summed E-state index contributed by atoms with van der Waals surface area (Å²) in [5.41, 5.74) is 1.34. The van der Waals surface area contributed by atoms with Gasteiger partial charge in [-0.2, -0.15) is 0 Å². The van der Waals surface area contributed by atoms with E-state index in [1.54, 1.807) is 32.2 Å². The molecule has 0 saturated heterocycles. The SMILES string of the molecule is C=C(Cl)/C(CC(O)c1ccc(OC)c(OCC)c1)=C(\C)Cl. The summed E-state index contributed by atoms with van der Waals surface area (Å²) in [6.07, 6.45) is -0.468. The second-order valence-corrected chi connectivity index (χ2v) is 5.50. The van der Waals surface area contributed by atoms with Gasteiger partial charge in [0.2, 0.25) is 0 Å². The van der Waals surface area contributed by atoms with E-state index in [0.29, 0.717) is 39.3 Å². The minimum atomic E-state index is -0.755. The largest absolute Gasteiger partial charge is 0.493 e.